The van der Waals surface area contributed by atoms with Crippen molar-refractivity contribution in [3.8, 4) is 5.75 Å². The van der Waals surface area contributed by atoms with E-state index < -0.39 is 0 Å². The van der Waals surface area contributed by atoms with Crippen molar-refractivity contribution in [1.82, 2.24) is 0 Å². The van der Waals surface area contributed by atoms with Crippen LogP contribution < -0.4 is 11.3 Å². The van der Waals surface area contributed by atoms with E-state index in [1.807, 2.05) is 13.0 Å². The molecule has 0 fully saturated rings. The SMILES string of the molecule is CCc1cc(NN)ccc1O. The Balaban J connectivity index is 3.02. The lowest BCUT2D eigenvalue weighted by molar-refractivity contribution is 0.469. The van der Waals surface area contributed by atoms with Crippen molar-refractivity contribution in [3.05, 3.63) is 23.8 Å². The molecule has 1 aromatic carbocycles. The maximum Gasteiger partial charge on any atom is 0.118 e. The zero-order valence-corrected chi connectivity index (χ0v) is 6.46. The molecule has 0 atom stereocenters. The van der Waals surface area contributed by atoms with Gasteiger partial charge in [-0.3, -0.25) is 5.84 Å². The molecule has 3 nitrogen and oxygen atoms in total. The second kappa shape index (κ2) is 3.25. The molecule has 0 aromatic heterocycles. The zero-order chi connectivity index (χ0) is 8.27. The van der Waals surface area contributed by atoms with E-state index >= 15 is 0 Å². The summed E-state index contributed by atoms with van der Waals surface area (Å²) in [6, 6.07) is 5.19. The maximum absolute atomic E-state index is 9.26. The smallest absolute Gasteiger partial charge is 0.118 e. The van der Waals surface area contributed by atoms with Crippen LogP contribution in [0.15, 0.2) is 18.2 Å². The van der Waals surface area contributed by atoms with Gasteiger partial charge in [0, 0.05) is 5.69 Å². The van der Waals surface area contributed by atoms with Crippen molar-refractivity contribution < 1.29 is 5.11 Å². The molecule has 60 valence electrons. The molecule has 0 heterocycles. The lowest BCUT2D eigenvalue weighted by Gasteiger charge is -2.04. The number of benzene rings is 1. The molecule has 0 bridgehead atoms. The van der Waals surface area contributed by atoms with E-state index in [9.17, 15) is 5.11 Å². The molecule has 0 amide bonds. The number of nitrogens with one attached hydrogen (secondary N) is 1. The quantitative estimate of drug-likeness (QED) is 0.339. The molecule has 0 radical (unpaired) electrons. The molecule has 0 spiro atoms. The van der Waals surface area contributed by atoms with Gasteiger partial charge < -0.3 is 10.5 Å². The number of rotatable bonds is 2. The fourth-order valence-corrected chi connectivity index (χ4v) is 0.958. The minimum absolute atomic E-state index is 0.325. The molecule has 0 saturated heterocycles. The van der Waals surface area contributed by atoms with Crippen molar-refractivity contribution in [3.63, 3.8) is 0 Å². The molecule has 0 aliphatic heterocycles. The normalized spacial score (nSPS) is 9.64. The topological polar surface area (TPSA) is 58.3 Å². The first-order chi connectivity index (χ1) is 5.27. The van der Waals surface area contributed by atoms with Gasteiger partial charge in [0.1, 0.15) is 5.75 Å². The van der Waals surface area contributed by atoms with Gasteiger partial charge in [-0.15, -0.1) is 0 Å². The largest absolute Gasteiger partial charge is 0.508 e. The van der Waals surface area contributed by atoms with Crippen molar-refractivity contribution in [2.75, 3.05) is 5.43 Å². The number of hydrogen-bond acceptors (Lipinski definition) is 3. The number of hydrogen-bond donors (Lipinski definition) is 3. The van der Waals surface area contributed by atoms with Gasteiger partial charge in [-0.1, -0.05) is 6.92 Å². The number of nitrogens with two attached hydrogens (primary N) is 1. The Morgan fingerprint density at radius 2 is 2.27 bits per heavy atom. The highest BCUT2D eigenvalue weighted by Gasteiger charge is 1.98. The average molecular weight is 152 g/mol. The molecule has 1 aromatic rings. The Labute approximate surface area is 65.8 Å². The Morgan fingerprint density at radius 1 is 1.55 bits per heavy atom. The van der Waals surface area contributed by atoms with E-state index in [2.05, 4.69) is 5.43 Å². The molecule has 0 aliphatic carbocycles. The predicted molar refractivity (Wildman–Crippen MR) is 45.3 cm³/mol. The predicted octanol–water partition coefficient (Wildman–Crippen LogP) is 1.24. The number of phenolic OH excluding ortho intramolecular Hbond substituents is 1. The second-order valence-corrected chi connectivity index (χ2v) is 2.34. The highest BCUT2D eigenvalue weighted by atomic mass is 16.3. The number of aromatic hydroxyl groups is 1. The Hall–Kier alpha value is -1.22. The minimum atomic E-state index is 0.325. The van der Waals surface area contributed by atoms with Gasteiger partial charge in [-0.05, 0) is 30.2 Å². The molecule has 4 N–H and O–H groups in total. The van der Waals surface area contributed by atoms with Gasteiger partial charge in [0.25, 0.3) is 0 Å². The lowest BCUT2D eigenvalue weighted by atomic mass is 10.1. The standard InChI is InChI=1S/C8H12N2O/c1-2-6-5-7(10-9)3-4-8(6)11/h3-5,10-11H,2,9H2,1H3. The van der Waals surface area contributed by atoms with Crippen LogP contribution in [0.2, 0.25) is 0 Å². The molecular formula is C8H12N2O. The third-order valence-electron chi connectivity index (χ3n) is 1.63. The van der Waals surface area contributed by atoms with Crippen molar-refractivity contribution in [1.29, 1.82) is 0 Å². The third-order valence-corrected chi connectivity index (χ3v) is 1.63. The fourth-order valence-electron chi connectivity index (χ4n) is 0.958. The molecule has 0 saturated carbocycles. The van der Waals surface area contributed by atoms with E-state index in [-0.39, 0.29) is 0 Å². The highest BCUT2D eigenvalue weighted by Crippen LogP contribution is 2.20. The highest BCUT2D eigenvalue weighted by molar-refractivity contribution is 5.49. The summed E-state index contributed by atoms with van der Waals surface area (Å²) in [6.07, 6.45) is 0.807. The maximum atomic E-state index is 9.26. The van der Waals surface area contributed by atoms with Crippen molar-refractivity contribution in [2.24, 2.45) is 5.84 Å². The molecule has 0 aliphatic rings. The molecule has 1 rings (SSSR count). The summed E-state index contributed by atoms with van der Waals surface area (Å²) in [7, 11) is 0. The van der Waals surface area contributed by atoms with E-state index in [0.29, 0.717) is 5.75 Å². The van der Waals surface area contributed by atoms with Crippen LogP contribution in [0.1, 0.15) is 12.5 Å². The van der Waals surface area contributed by atoms with Gasteiger partial charge in [0.05, 0.1) is 0 Å². The number of anilines is 1. The zero-order valence-electron chi connectivity index (χ0n) is 6.46. The van der Waals surface area contributed by atoms with Crippen molar-refractivity contribution in [2.45, 2.75) is 13.3 Å². The van der Waals surface area contributed by atoms with E-state index in [4.69, 9.17) is 5.84 Å². The summed E-state index contributed by atoms with van der Waals surface area (Å²) in [6.45, 7) is 1.98. The van der Waals surface area contributed by atoms with E-state index in [1.165, 1.54) is 0 Å². The number of phenols is 1. The van der Waals surface area contributed by atoms with Crippen LogP contribution in [0.4, 0.5) is 5.69 Å². The van der Waals surface area contributed by atoms with Crippen LogP contribution >= 0.6 is 0 Å². The fraction of sp³-hybridized carbons (Fsp3) is 0.250. The summed E-state index contributed by atoms with van der Waals surface area (Å²) in [5.74, 6) is 5.52. The van der Waals surface area contributed by atoms with Crippen LogP contribution in [0, 0.1) is 0 Å². The van der Waals surface area contributed by atoms with Crippen LogP contribution in [0.3, 0.4) is 0 Å². The van der Waals surface area contributed by atoms with Gasteiger partial charge in [0.2, 0.25) is 0 Å². The Morgan fingerprint density at radius 3 is 2.82 bits per heavy atom. The Kier molecular flexibility index (Phi) is 2.33. The van der Waals surface area contributed by atoms with Gasteiger partial charge in [0.15, 0.2) is 0 Å². The number of nitrogen functional groups attached to an aromatic ring is 1. The second-order valence-electron chi connectivity index (χ2n) is 2.34. The Bertz CT molecular complexity index is 248. The summed E-state index contributed by atoms with van der Waals surface area (Å²) in [4.78, 5) is 0. The van der Waals surface area contributed by atoms with Gasteiger partial charge >= 0.3 is 0 Å². The monoisotopic (exact) mass is 152 g/mol. The number of aryl methyl sites for hydroxylation is 1. The summed E-state index contributed by atoms with van der Waals surface area (Å²) in [5, 5.41) is 9.26. The minimum Gasteiger partial charge on any atom is -0.508 e. The third kappa shape index (κ3) is 1.62. The van der Waals surface area contributed by atoms with Gasteiger partial charge in [-0.2, -0.15) is 0 Å². The van der Waals surface area contributed by atoms with E-state index in [1.54, 1.807) is 12.1 Å². The van der Waals surface area contributed by atoms with Crippen LogP contribution in [-0.4, -0.2) is 5.11 Å². The summed E-state index contributed by atoms with van der Waals surface area (Å²) >= 11 is 0. The first kappa shape index (κ1) is 7.88. The molecule has 11 heavy (non-hydrogen) atoms. The lowest BCUT2D eigenvalue weighted by Crippen LogP contribution is -2.06. The first-order valence-corrected chi connectivity index (χ1v) is 3.56. The summed E-state index contributed by atoms with van der Waals surface area (Å²) in [5.41, 5.74) is 4.24. The molecular weight excluding hydrogens is 140 g/mol. The van der Waals surface area contributed by atoms with Crippen molar-refractivity contribution >= 4 is 5.69 Å². The average Bonchev–Trinajstić information content (AvgIpc) is 2.05. The van der Waals surface area contributed by atoms with Crippen LogP contribution in [0.5, 0.6) is 5.75 Å². The van der Waals surface area contributed by atoms with E-state index in [0.717, 1.165) is 17.7 Å². The van der Waals surface area contributed by atoms with Crippen LogP contribution in [-0.2, 0) is 6.42 Å². The number of hydrazine groups is 1. The summed E-state index contributed by atoms with van der Waals surface area (Å²) < 4.78 is 0. The molecule has 0 unspecified atom stereocenters. The van der Waals surface area contributed by atoms with Gasteiger partial charge in [-0.25, -0.2) is 0 Å². The molecule has 3 heteroatoms. The van der Waals surface area contributed by atoms with Crippen LogP contribution in [0.25, 0.3) is 0 Å². The first-order valence-electron chi connectivity index (χ1n) is 3.56.